The van der Waals surface area contributed by atoms with Crippen molar-refractivity contribution in [2.75, 3.05) is 0 Å². The molecule has 132 valence electrons. The van der Waals surface area contributed by atoms with Crippen molar-refractivity contribution in [2.45, 2.75) is 6.54 Å². The summed E-state index contributed by atoms with van der Waals surface area (Å²) < 4.78 is 0. The molecule has 0 bridgehead atoms. The van der Waals surface area contributed by atoms with Crippen molar-refractivity contribution >= 4 is 23.2 Å². The van der Waals surface area contributed by atoms with E-state index in [1.165, 1.54) is 11.0 Å². The highest BCUT2D eigenvalue weighted by Gasteiger charge is 2.08. The van der Waals surface area contributed by atoms with E-state index in [1.807, 2.05) is 54.6 Å². The van der Waals surface area contributed by atoms with Gasteiger partial charge in [-0.1, -0.05) is 42.5 Å². The minimum absolute atomic E-state index is 0.0967. The van der Waals surface area contributed by atoms with Gasteiger partial charge in [-0.25, -0.2) is 10.4 Å². The van der Waals surface area contributed by atoms with Gasteiger partial charge in [-0.05, 0) is 17.3 Å². The standard InChI is InChI=1S/C18H14N8O/c27-17(12-26-24-18(23-25-26)13-6-2-1-3-7-13)22-20-11-14-10-19-15-8-4-5-9-16(15)21-14/h1-11H,12H2,(H,22,27)/b20-11-. The molecule has 0 spiro atoms. The van der Waals surface area contributed by atoms with Crippen LogP contribution in [-0.4, -0.2) is 42.3 Å². The fourth-order valence-corrected chi connectivity index (χ4v) is 2.38. The first-order chi connectivity index (χ1) is 13.3. The summed E-state index contributed by atoms with van der Waals surface area (Å²) in [6.45, 7) is -0.0967. The Morgan fingerprint density at radius 2 is 1.85 bits per heavy atom. The number of aromatic nitrogens is 6. The second-order valence-corrected chi connectivity index (χ2v) is 5.59. The van der Waals surface area contributed by atoms with Gasteiger partial charge in [0.05, 0.1) is 23.4 Å². The lowest BCUT2D eigenvalue weighted by Gasteiger charge is -1.99. The van der Waals surface area contributed by atoms with Gasteiger partial charge in [0.15, 0.2) is 0 Å². The van der Waals surface area contributed by atoms with Crippen molar-refractivity contribution in [3.05, 3.63) is 66.5 Å². The van der Waals surface area contributed by atoms with Crippen molar-refractivity contribution < 1.29 is 4.79 Å². The lowest BCUT2D eigenvalue weighted by molar-refractivity contribution is -0.122. The molecule has 9 nitrogen and oxygen atoms in total. The molecular formula is C18H14N8O. The normalized spacial score (nSPS) is 11.1. The number of nitrogens with zero attached hydrogens (tertiary/aromatic N) is 7. The van der Waals surface area contributed by atoms with Crippen LogP contribution in [0.2, 0.25) is 0 Å². The summed E-state index contributed by atoms with van der Waals surface area (Å²) in [5, 5.41) is 15.9. The molecule has 0 saturated carbocycles. The second-order valence-electron chi connectivity index (χ2n) is 5.59. The molecule has 1 amide bonds. The monoisotopic (exact) mass is 358 g/mol. The Morgan fingerprint density at radius 3 is 2.70 bits per heavy atom. The second kappa shape index (κ2) is 7.48. The Kier molecular flexibility index (Phi) is 4.56. The smallest absolute Gasteiger partial charge is 0.263 e. The lowest BCUT2D eigenvalue weighted by atomic mass is 10.2. The quantitative estimate of drug-likeness (QED) is 0.427. The number of rotatable bonds is 5. The van der Waals surface area contributed by atoms with Crippen LogP contribution >= 0.6 is 0 Å². The van der Waals surface area contributed by atoms with E-state index < -0.39 is 0 Å². The number of nitrogens with one attached hydrogen (secondary N) is 1. The van der Waals surface area contributed by atoms with Gasteiger partial charge in [0.2, 0.25) is 5.82 Å². The maximum atomic E-state index is 12.0. The predicted octanol–water partition coefficient (Wildman–Crippen LogP) is 1.43. The van der Waals surface area contributed by atoms with Crippen molar-refractivity contribution in [3.63, 3.8) is 0 Å². The third-order valence-corrected chi connectivity index (χ3v) is 3.62. The molecule has 0 atom stereocenters. The molecule has 2 aromatic carbocycles. The number of carbonyl (C=O) groups is 1. The molecule has 9 heteroatoms. The highest BCUT2D eigenvalue weighted by molar-refractivity contribution is 5.83. The van der Waals surface area contributed by atoms with Crippen molar-refractivity contribution in [3.8, 4) is 11.4 Å². The number of fused-ring (bicyclic) bond motifs is 1. The molecule has 4 rings (SSSR count). The molecule has 2 heterocycles. The van der Waals surface area contributed by atoms with Crippen LogP contribution in [0.5, 0.6) is 0 Å². The Morgan fingerprint density at radius 1 is 1.07 bits per heavy atom. The van der Waals surface area contributed by atoms with Crippen LogP contribution in [-0.2, 0) is 11.3 Å². The summed E-state index contributed by atoms with van der Waals surface area (Å²) in [6.07, 6.45) is 3.02. The van der Waals surface area contributed by atoms with Gasteiger partial charge >= 0.3 is 0 Å². The molecule has 0 aliphatic rings. The van der Waals surface area contributed by atoms with Gasteiger partial charge in [0, 0.05) is 5.56 Å². The summed E-state index contributed by atoms with van der Waals surface area (Å²) in [7, 11) is 0. The molecule has 0 fully saturated rings. The van der Waals surface area contributed by atoms with E-state index in [0.29, 0.717) is 11.5 Å². The zero-order chi connectivity index (χ0) is 18.5. The average Bonchev–Trinajstić information content (AvgIpc) is 3.17. The molecule has 0 aliphatic carbocycles. The summed E-state index contributed by atoms with van der Waals surface area (Å²) >= 11 is 0. The van der Waals surface area contributed by atoms with Crippen LogP contribution in [0.4, 0.5) is 0 Å². The summed E-state index contributed by atoms with van der Waals surface area (Å²) in [4.78, 5) is 21.9. The van der Waals surface area contributed by atoms with E-state index in [4.69, 9.17) is 0 Å². The topological polar surface area (TPSA) is 111 Å². The fraction of sp³-hybridized carbons (Fsp3) is 0.0556. The van der Waals surface area contributed by atoms with Crippen LogP contribution in [0, 0.1) is 0 Å². The summed E-state index contributed by atoms with van der Waals surface area (Å²) in [5.41, 5.74) is 5.34. The molecule has 1 N–H and O–H groups in total. The van der Waals surface area contributed by atoms with Crippen LogP contribution in [0.25, 0.3) is 22.4 Å². The number of hydrogen-bond donors (Lipinski definition) is 1. The van der Waals surface area contributed by atoms with E-state index in [1.54, 1.807) is 6.20 Å². The molecule has 27 heavy (non-hydrogen) atoms. The lowest BCUT2D eigenvalue weighted by Crippen LogP contribution is -2.24. The highest BCUT2D eigenvalue weighted by Crippen LogP contribution is 2.11. The van der Waals surface area contributed by atoms with Crippen molar-refractivity contribution in [2.24, 2.45) is 5.10 Å². The van der Waals surface area contributed by atoms with Gasteiger partial charge in [-0.3, -0.25) is 9.78 Å². The molecular weight excluding hydrogens is 344 g/mol. The highest BCUT2D eigenvalue weighted by atomic mass is 16.2. The number of hydrazone groups is 1. The van der Waals surface area contributed by atoms with Crippen LogP contribution in [0.3, 0.4) is 0 Å². The minimum Gasteiger partial charge on any atom is -0.271 e. The van der Waals surface area contributed by atoms with E-state index in [9.17, 15) is 4.79 Å². The minimum atomic E-state index is -0.378. The van der Waals surface area contributed by atoms with Crippen LogP contribution in [0.15, 0.2) is 65.9 Å². The Balaban J connectivity index is 1.36. The van der Waals surface area contributed by atoms with Gasteiger partial charge in [-0.15, -0.1) is 10.2 Å². The molecule has 0 saturated heterocycles. The average molecular weight is 358 g/mol. The molecule has 2 aromatic heterocycles. The van der Waals surface area contributed by atoms with E-state index in [-0.39, 0.29) is 12.5 Å². The zero-order valence-electron chi connectivity index (χ0n) is 14.1. The largest absolute Gasteiger partial charge is 0.271 e. The maximum absolute atomic E-state index is 12.0. The Hall–Kier alpha value is -4.01. The number of benzene rings is 2. The predicted molar refractivity (Wildman–Crippen MR) is 98.5 cm³/mol. The first-order valence-corrected chi connectivity index (χ1v) is 8.15. The number of amides is 1. The van der Waals surface area contributed by atoms with E-state index >= 15 is 0 Å². The zero-order valence-corrected chi connectivity index (χ0v) is 14.1. The number of tetrazole rings is 1. The summed E-state index contributed by atoms with van der Waals surface area (Å²) in [5.74, 6) is 0.0790. The van der Waals surface area contributed by atoms with E-state index in [2.05, 4.69) is 35.9 Å². The first kappa shape index (κ1) is 16.5. The molecule has 0 radical (unpaired) electrons. The van der Waals surface area contributed by atoms with E-state index in [0.717, 1.165) is 16.6 Å². The third kappa shape index (κ3) is 3.98. The number of para-hydroxylation sites is 2. The molecule has 4 aromatic rings. The van der Waals surface area contributed by atoms with Crippen molar-refractivity contribution in [1.29, 1.82) is 0 Å². The van der Waals surface area contributed by atoms with Crippen molar-refractivity contribution in [1.82, 2.24) is 35.6 Å². The van der Waals surface area contributed by atoms with Crippen LogP contribution in [0.1, 0.15) is 5.69 Å². The van der Waals surface area contributed by atoms with Gasteiger partial charge in [0.25, 0.3) is 5.91 Å². The number of hydrogen-bond acceptors (Lipinski definition) is 7. The first-order valence-electron chi connectivity index (χ1n) is 8.15. The maximum Gasteiger partial charge on any atom is 0.263 e. The van der Waals surface area contributed by atoms with Gasteiger partial charge < -0.3 is 0 Å². The Labute approximate surface area is 153 Å². The van der Waals surface area contributed by atoms with Gasteiger partial charge in [0.1, 0.15) is 12.2 Å². The Bertz CT molecular complexity index is 1110. The fourth-order valence-electron chi connectivity index (χ4n) is 2.38. The summed E-state index contributed by atoms with van der Waals surface area (Å²) in [6, 6.07) is 16.9. The molecule has 0 unspecified atom stereocenters. The van der Waals surface area contributed by atoms with Crippen LogP contribution < -0.4 is 5.43 Å². The van der Waals surface area contributed by atoms with Gasteiger partial charge in [-0.2, -0.15) is 9.90 Å². The third-order valence-electron chi connectivity index (χ3n) is 3.62. The SMILES string of the molecule is O=C(Cn1nnc(-c2ccccc2)n1)N/N=C\c1cnc2ccccc2n1. The number of carbonyl (C=O) groups excluding carboxylic acids is 1. The molecule has 0 aliphatic heterocycles.